The molecule has 2 atom stereocenters. The maximum atomic E-state index is 12.7. The van der Waals surface area contributed by atoms with Crippen molar-refractivity contribution in [3.05, 3.63) is 47.7 Å². The fourth-order valence-corrected chi connectivity index (χ4v) is 4.42. The molecule has 0 spiro atoms. The summed E-state index contributed by atoms with van der Waals surface area (Å²) in [5, 5.41) is 9.30. The van der Waals surface area contributed by atoms with Crippen LogP contribution >= 0.6 is 0 Å². The molecule has 140 valence electrons. The summed E-state index contributed by atoms with van der Waals surface area (Å²) in [5.41, 5.74) is 1.44. The maximum Gasteiger partial charge on any atom is 0.227 e. The van der Waals surface area contributed by atoms with Gasteiger partial charge in [-0.25, -0.2) is 0 Å². The van der Waals surface area contributed by atoms with Crippen molar-refractivity contribution < 1.29 is 9.21 Å². The van der Waals surface area contributed by atoms with E-state index in [1.807, 2.05) is 30.3 Å². The molecule has 4 heterocycles. The Bertz CT molecular complexity index is 866. The van der Waals surface area contributed by atoms with Crippen LogP contribution in [0.25, 0.3) is 11.3 Å². The number of benzene rings is 1. The molecule has 27 heavy (non-hydrogen) atoms. The third-order valence-electron chi connectivity index (χ3n) is 5.69. The van der Waals surface area contributed by atoms with Crippen LogP contribution in [0.2, 0.25) is 0 Å². The van der Waals surface area contributed by atoms with Gasteiger partial charge in [0.05, 0.1) is 24.1 Å². The fraction of sp³-hybridized carbons (Fsp3) is 0.455. The summed E-state index contributed by atoms with van der Waals surface area (Å²) in [4.78, 5) is 17.2. The van der Waals surface area contributed by atoms with Crippen molar-refractivity contribution in [3.63, 3.8) is 0 Å². The largest absolute Gasteiger partial charge is 0.460 e. The van der Waals surface area contributed by atoms with E-state index < -0.39 is 0 Å². The van der Waals surface area contributed by atoms with Crippen molar-refractivity contribution >= 4 is 5.91 Å². The number of nitrogens with zero attached hydrogens (tertiary/aromatic N) is 3. The molecule has 2 aromatic rings. The Hall–Kier alpha value is -2.58. The van der Waals surface area contributed by atoms with Gasteiger partial charge in [0.25, 0.3) is 0 Å². The number of carbonyl (C=O) groups is 1. The van der Waals surface area contributed by atoms with Gasteiger partial charge in [-0.3, -0.25) is 9.69 Å². The lowest BCUT2D eigenvalue weighted by molar-refractivity contribution is -0.139. The second kappa shape index (κ2) is 7.58. The van der Waals surface area contributed by atoms with E-state index >= 15 is 0 Å². The molecule has 0 unspecified atom stereocenters. The van der Waals surface area contributed by atoms with Gasteiger partial charge in [0.2, 0.25) is 5.91 Å². The van der Waals surface area contributed by atoms with E-state index in [1.165, 1.54) is 0 Å². The summed E-state index contributed by atoms with van der Waals surface area (Å²) >= 11 is 0. The van der Waals surface area contributed by atoms with Gasteiger partial charge in [0, 0.05) is 31.2 Å². The van der Waals surface area contributed by atoms with E-state index in [0.717, 1.165) is 56.0 Å². The van der Waals surface area contributed by atoms with Crippen LogP contribution in [0.1, 0.15) is 37.5 Å². The zero-order valence-corrected chi connectivity index (χ0v) is 15.7. The maximum absolute atomic E-state index is 12.7. The molecule has 1 aromatic heterocycles. The lowest BCUT2D eigenvalue weighted by atomic mass is 9.94. The van der Waals surface area contributed by atoms with Gasteiger partial charge in [0.1, 0.15) is 11.5 Å². The Morgan fingerprint density at radius 3 is 2.85 bits per heavy atom. The molecule has 3 fully saturated rings. The van der Waals surface area contributed by atoms with E-state index in [0.29, 0.717) is 24.1 Å². The van der Waals surface area contributed by atoms with Gasteiger partial charge < -0.3 is 9.32 Å². The molecule has 3 aliphatic heterocycles. The van der Waals surface area contributed by atoms with Crippen LogP contribution in [-0.2, 0) is 11.3 Å². The number of fused-ring (bicyclic) bond motifs is 4. The lowest BCUT2D eigenvalue weighted by Crippen LogP contribution is -2.48. The summed E-state index contributed by atoms with van der Waals surface area (Å²) in [6.45, 7) is 5.42. The minimum absolute atomic E-state index is 0.115. The molecule has 3 aliphatic rings. The van der Waals surface area contributed by atoms with Crippen LogP contribution in [0.4, 0.5) is 0 Å². The van der Waals surface area contributed by atoms with Crippen molar-refractivity contribution in [1.82, 2.24) is 9.80 Å². The average molecular weight is 363 g/mol. The SMILES string of the molecule is CCCN1C(=O)[C@@H]2CC[C@H]1CN(Cc1ccc(-c3ccccc3C#N)o1)C2. The average Bonchev–Trinajstić information content (AvgIpc) is 2.99. The van der Waals surface area contributed by atoms with E-state index in [-0.39, 0.29) is 5.92 Å². The van der Waals surface area contributed by atoms with Gasteiger partial charge >= 0.3 is 0 Å². The third-order valence-corrected chi connectivity index (χ3v) is 5.69. The molecular weight excluding hydrogens is 338 g/mol. The highest BCUT2D eigenvalue weighted by Gasteiger charge is 2.40. The zero-order chi connectivity index (χ0) is 18.8. The number of furan rings is 1. The van der Waals surface area contributed by atoms with Crippen molar-refractivity contribution in [2.24, 2.45) is 5.92 Å². The van der Waals surface area contributed by atoms with Crippen LogP contribution in [-0.4, -0.2) is 41.4 Å². The zero-order valence-electron chi connectivity index (χ0n) is 15.7. The van der Waals surface area contributed by atoms with Crippen LogP contribution in [0.5, 0.6) is 0 Å². The molecule has 0 saturated carbocycles. The first-order chi connectivity index (χ1) is 13.2. The number of piperidine rings is 1. The van der Waals surface area contributed by atoms with Crippen molar-refractivity contribution in [3.8, 4) is 17.4 Å². The van der Waals surface area contributed by atoms with E-state index in [4.69, 9.17) is 4.42 Å². The Morgan fingerprint density at radius 1 is 1.19 bits per heavy atom. The minimum Gasteiger partial charge on any atom is -0.460 e. The molecule has 1 amide bonds. The Morgan fingerprint density at radius 2 is 2.04 bits per heavy atom. The summed E-state index contributed by atoms with van der Waals surface area (Å²) in [7, 11) is 0. The minimum atomic E-state index is 0.115. The molecule has 0 N–H and O–H groups in total. The van der Waals surface area contributed by atoms with Gasteiger partial charge in [0.15, 0.2) is 0 Å². The van der Waals surface area contributed by atoms with Crippen LogP contribution in [0.15, 0.2) is 40.8 Å². The second-order valence-corrected chi connectivity index (χ2v) is 7.58. The summed E-state index contributed by atoms with van der Waals surface area (Å²) in [6.07, 6.45) is 3.11. The smallest absolute Gasteiger partial charge is 0.227 e. The third kappa shape index (κ3) is 3.50. The first-order valence-corrected chi connectivity index (χ1v) is 9.80. The highest BCUT2D eigenvalue weighted by Crippen LogP contribution is 2.31. The summed E-state index contributed by atoms with van der Waals surface area (Å²) < 4.78 is 6.06. The predicted octanol–water partition coefficient (Wildman–Crippen LogP) is 3.65. The van der Waals surface area contributed by atoms with E-state index in [1.54, 1.807) is 6.07 Å². The molecule has 0 radical (unpaired) electrons. The highest BCUT2D eigenvalue weighted by molar-refractivity contribution is 5.80. The summed E-state index contributed by atoms with van der Waals surface area (Å²) in [6, 6.07) is 14.0. The molecule has 2 bridgehead atoms. The first kappa shape index (κ1) is 17.8. The van der Waals surface area contributed by atoms with E-state index in [9.17, 15) is 10.1 Å². The standard InChI is InChI=1S/C22H25N3O2/c1-2-11-25-18-8-7-17(22(25)26)13-24(14-18)15-19-9-10-21(27-19)20-6-4-3-5-16(20)12-23/h3-6,9-10,17-18H,2,7-8,11,13-15H2,1H3/t17-,18+/m1/s1. The molecule has 5 heteroatoms. The van der Waals surface area contributed by atoms with Gasteiger partial charge in [-0.05, 0) is 43.5 Å². The number of rotatable bonds is 5. The predicted molar refractivity (Wildman–Crippen MR) is 103 cm³/mol. The number of hydrogen-bond donors (Lipinski definition) is 0. The molecule has 1 aromatic carbocycles. The van der Waals surface area contributed by atoms with Crippen molar-refractivity contribution in [2.45, 2.75) is 38.8 Å². The molecule has 3 saturated heterocycles. The van der Waals surface area contributed by atoms with Gasteiger partial charge in [-0.1, -0.05) is 19.1 Å². The topological polar surface area (TPSA) is 60.5 Å². The van der Waals surface area contributed by atoms with Crippen molar-refractivity contribution in [1.29, 1.82) is 5.26 Å². The summed E-state index contributed by atoms with van der Waals surface area (Å²) in [5.74, 6) is 2.06. The monoisotopic (exact) mass is 363 g/mol. The van der Waals surface area contributed by atoms with Crippen LogP contribution in [0, 0.1) is 17.2 Å². The number of carbonyl (C=O) groups excluding carboxylic acids is 1. The Kier molecular flexibility index (Phi) is 5.00. The van der Waals surface area contributed by atoms with Crippen molar-refractivity contribution in [2.75, 3.05) is 19.6 Å². The molecule has 0 aliphatic carbocycles. The van der Waals surface area contributed by atoms with E-state index in [2.05, 4.69) is 22.8 Å². The number of amides is 1. The normalized spacial score (nSPS) is 22.7. The number of hydrogen-bond acceptors (Lipinski definition) is 4. The quantitative estimate of drug-likeness (QED) is 0.813. The highest BCUT2D eigenvalue weighted by atomic mass is 16.3. The molecular formula is C22H25N3O2. The Labute approximate surface area is 160 Å². The molecule has 5 nitrogen and oxygen atoms in total. The lowest BCUT2D eigenvalue weighted by Gasteiger charge is -2.35. The van der Waals surface area contributed by atoms with Gasteiger partial charge in [-0.15, -0.1) is 0 Å². The van der Waals surface area contributed by atoms with Crippen LogP contribution < -0.4 is 0 Å². The second-order valence-electron chi connectivity index (χ2n) is 7.58. The fourth-order valence-electron chi connectivity index (χ4n) is 4.42. The van der Waals surface area contributed by atoms with Crippen LogP contribution in [0.3, 0.4) is 0 Å². The van der Waals surface area contributed by atoms with Gasteiger partial charge in [-0.2, -0.15) is 5.26 Å². The number of nitriles is 1. The first-order valence-electron chi connectivity index (χ1n) is 9.80. The molecule has 5 rings (SSSR count). The Balaban J connectivity index is 1.50.